The molecule has 1 fully saturated rings. The molecule has 1 aromatic heterocycles. The van der Waals surface area contributed by atoms with E-state index in [2.05, 4.69) is 21.7 Å². The zero-order valence-electron chi connectivity index (χ0n) is 9.82. The molecule has 1 aromatic rings. The molecule has 0 bridgehead atoms. The Bertz CT molecular complexity index is 343. The number of methoxy groups -OCH3 is 1. The molecular weight excluding hydrogens is 226 g/mol. The number of rotatable bonds is 6. The Kier molecular flexibility index (Phi) is 3.82. The van der Waals surface area contributed by atoms with Crippen LogP contribution in [0.5, 0.6) is 0 Å². The molecule has 0 radical (unpaired) electrons. The summed E-state index contributed by atoms with van der Waals surface area (Å²) in [4.78, 5) is 0. The first-order valence-corrected chi connectivity index (χ1v) is 6.25. The summed E-state index contributed by atoms with van der Waals surface area (Å²) in [5, 5.41) is 8.67. The number of hydrogen-bond acceptors (Lipinski definition) is 3. The molecule has 1 heterocycles. The van der Waals surface area contributed by atoms with Crippen LogP contribution in [0.15, 0.2) is 0 Å². The zero-order chi connectivity index (χ0) is 11.5. The number of nitrogens with zero attached hydrogens (tertiary/aromatic N) is 3. The lowest BCUT2D eigenvalue weighted by atomic mass is 10.1. The summed E-state index contributed by atoms with van der Waals surface area (Å²) >= 11 is 6.12. The maximum absolute atomic E-state index is 6.12. The van der Waals surface area contributed by atoms with Crippen molar-refractivity contribution in [3.63, 3.8) is 0 Å². The lowest BCUT2D eigenvalue weighted by Gasteiger charge is -2.19. The smallest absolute Gasteiger partial charge is 0.225 e. The second kappa shape index (κ2) is 5.15. The first-order valence-electron chi connectivity index (χ1n) is 5.87. The minimum atomic E-state index is 0.271. The molecule has 2 rings (SSSR count). The summed E-state index contributed by atoms with van der Waals surface area (Å²) < 4.78 is 7.32. The van der Waals surface area contributed by atoms with E-state index in [9.17, 15) is 0 Å². The Balaban J connectivity index is 2.23. The summed E-state index contributed by atoms with van der Waals surface area (Å²) in [5.74, 6) is 1.61. The van der Waals surface area contributed by atoms with Gasteiger partial charge in [-0.3, -0.25) is 4.57 Å². The van der Waals surface area contributed by atoms with Crippen LogP contribution in [-0.2, 0) is 4.74 Å². The van der Waals surface area contributed by atoms with E-state index in [1.54, 1.807) is 7.11 Å². The van der Waals surface area contributed by atoms with Gasteiger partial charge < -0.3 is 4.74 Å². The molecule has 0 aliphatic heterocycles. The predicted octanol–water partition coefficient (Wildman–Crippen LogP) is 2.80. The van der Waals surface area contributed by atoms with Gasteiger partial charge in [0, 0.05) is 13.0 Å². The minimum Gasteiger partial charge on any atom is -0.383 e. The quantitative estimate of drug-likeness (QED) is 0.771. The van der Waals surface area contributed by atoms with Gasteiger partial charge in [0.05, 0.1) is 12.6 Å². The SMILES string of the molecule is CCCC(COC)n1c(Cl)nnc1C1CC1. The van der Waals surface area contributed by atoms with Crippen LogP contribution in [0.25, 0.3) is 0 Å². The van der Waals surface area contributed by atoms with Gasteiger partial charge in [-0.15, -0.1) is 10.2 Å². The van der Waals surface area contributed by atoms with Gasteiger partial charge in [-0.2, -0.15) is 0 Å². The van der Waals surface area contributed by atoms with Crippen molar-refractivity contribution in [2.24, 2.45) is 0 Å². The number of halogens is 1. The van der Waals surface area contributed by atoms with E-state index >= 15 is 0 Å². The fourth-order valence-corrected chi connectivity index (χ4v) is 2.32. The summed E-state index contributed by atoms with van der Waals surface area (Å²) in [6.45, 7) is 2.84. The van der Waals surface area contributed by atoms with Crippen molar-refractivity contribution in [2.75, 3.05) is 13.7 Å². The van der Waals surface area contributed by atoms with Gasteiger partial charge in [-0.25, -0.2) is 0 Å². The van der Waals surface area contributed by atoms with E-state index in [4.69, 9.17) is 16.3 Å². The van der Waals surface area contributed by atoms with Crippen molar-refractivity contribution in [1.29, 1.82) is 0 Å². The molecule has 0 saturated heterocycles. The van der Waals surface area contributed by atoms with Crippen molar-refractivity contribution in [2.45, 2.75) is 44.6 Å². The van der Waals surface area contributed by atoms with E-state index in [1.165, 1.54) is 12.8 Å². The Morgan fingerprint density at radius 3 is 2.81 bits per heavy atom. The van der Waals surface area contributed by atoms with E-state index in [-0.39, 0.29) is 6.04 Å². The Hall–Kier alpha value is -0.610. The highest BCUT2D eigenvalue weighted by molar-refractivity contribution is 6.28. The van der Waals surface area contributed by atoms with Crippen LogP contribution in [-0.4, -0.2) is 28.5 Å². The fourth-order valence-electron chi connectivity index (χ4n) is 2.05. The van der Waals surface area contributed by atoms with E-state index in [0.717, 1.165) is 18.7 Å². The summed E-state index contributed by atoms with van der Waals surface area (Å²) in [5.41, 5.74) is 0. The number of hydrogen-bond donors (Lipinski definition) is 0. The van der Waals surface area contributed by atoms with Crippen molar-refractivity contribution in [3.05, 3.63) is 11.1 Å². The van der Waals surface area contributed by atoms with Crippen LogP contribution < -0.4 is 0 Å². The van der Waals surface area contributed by atoms with Crippen molar-refractivity contribution >= 4 is 11.6 Å². The highest BCUT2D eigenvalue weighted by atomic mass is 35.5. The Morgan fingerprint density at radius 1 is 1.50 bits per heavy atom. The monoisotopic (exact) mass is 243 g/mol. The van der Waals surface area contributed by atoms with E-state index < -0.39 is 0 Å². The molecule has 1 aliphatic rings. The van der Waals surface area contributed by atoms with Crippen LogP contribution in [0.3, 0.4) is 0 Å². The van der Waals surface area contributed by atoms with E-state index in [0.29, 0.717) is 17.8 Å². The van der Waals surface area contributed by atoms with Gasteiger partial charge in [0.1, 0.15) is 5.82 Å². The molecule has 5 heteroatoms. The normalized spacial score (nSPS) is 17.7. The summed E-state index contributed by atoms with van der Waals surface area (Å²) in [6.07, 6.45) is 4.57. The second-order valence-corrected chi connectivity index (χ2v) is 4.71. The lowest BCUT2D eigenvalue weighted by Crippen LogP contribution is -2.17. The summed E-state index contributed by atoms with van der Waals surface area (Å²) in [7, 11) is 1.72. The van der Waals surface area contributed by atoms with Gasteiger partial charge in [0.2, 0.25) is 5.28 Å². The molecule has 0 amide bonds. The van der Waals surface area contributed by atoms with Crippen LogP contribution in [0.2, 0.25) is 5.28 Å². The van der Waals surface area contributed by atoms with Crippen LogP contribution >= 0.6 is 11.6 Å². The Labute approximate surface area is 101 Å². The minimum absolute atomic E-state index is 0.271. The fraction of sp³-hybridized carbons (Fsp3) is 0.818. The molecule has 0 spiro atoms. The highest BCUT2D eigenvalue weighted by Crippen LogP contribution is 2.41. The van der Waals surface area contributed by atoms with Gasteiger partial charge in [0.15, 0.2) is 0 Å². The van der Waals surface area contributed by atoms with Crippen molar-refractivity contribution in [3.8, 4) is 0 Å². The molecule has 1 unspecified atom stereocenters. The molecular formula is C11H18ClN3O. The lowest BCUT2D eigenvalue weighted by molar-refractivity contribution is 0.149. The van der Waals surface area contributed by atoms with Crippen molar-refractivity contribution < 1.29 is 4.74 Å². The third-order valence-electron chi connectivity index (χ3n) is 2.97. The molecule has 0 N–H and O–H groups in total. The van der Waals surface area contributed by atoms with Crippen LogP contribution in [0.1, 0.15) is 50.4 Å². The van der Waals surface area contributed by atoms with Gasteiger partial charge in [-0.1, -0.05) is 13.3 Å². The third kappa shape index (κ3) is 2.38. The maximum Gasteiger partial charge on any atom is 0.225 e. The van der Waals surface area contributed by atoms with Crippen LogP contribution in [0.4, 0.5) is 0 Å². The second-order valence-electron chi connectivity index (χ2n) is 4.37. The molecule has 1 atom stereocenters. The predicted molar refractivity (Wildman–Crippen MR) is 62.8 cm³/mol. The van der Waals surface area contributed by atoms with Crippen molar-refractivity contribution in [1.82, 2.24) is 14.8 Å². The molecule has 1 saturated carbocycles. The van der Waals surface area contributed by atoms with E-state index in [1.807, 2.05) is 0 Å². The standard InChI is InChI=1S/C11H18ClN3O/c1-3-4-9(7-16-2)15-10(8-5-6-8)13-14-11(15)12/h8-9H,3-7H2,1-2H3. The zero-order valence-corrected chi connectivity index (χ0v) is 10.6. The molecule has 1 aliphatic carbocycles. The van der Waals surface area contributed by atoms with Gasteiger partial charge in [-0.05, 0) is 30.9 Å². The number of ether oxygens (including phenoxy) is 1. The molecule has 90 valence electrons. The summed E-state index contributed by atoms with van der Waals surface area (Å²) in [6, 6.07) is 0.271. The van der Waals surface area contributed by atoms with Crippen LogP contribution in [0, 0.1) is 0 Å². The first kappa shape index (κ1) is 11.9. The number of aromatic nitrogens is 3. The largest absolute Gasteiger partial charge is 0.383 e. The average Bonchev–Trinajstić information content (AvgIpc) is 3.03. The molecule has 16 heavy (non-hydrogen) atoms. The maximum atomic E-state index is 6.12. The topological polar surface area (TPSA) is 39.9 Å². The Morgan fingerprint density at radius 2 is 2.25 bits per heavy atom. The average molecular weight is 244 g/mol. The van der Waals surface area contributed by atoms with Gasteiger partial charge in [0.25, 0.3) is 0 Å². The molecule has 4 nitrogen and oxygen atoms in total. The molecule has 0 aromatic carbocycles. The first-order chi connectivity index (χ1) is 7.77. The van der Waals surface area contributed by atoms with Gasteiger partial charge >= 0.3 is 0 Å². The highest BCUT2D eigenvalue weighted by Gasteiger charge is 2.32. The third-order valence-corrected chi connectivity index (χ3v) is 3.23.